The standard InChI is InChI=1S/C15H23FN2/c1-3-15(11-17,12-8-9-12)18(4-2)14-7-5-6-13(16)10-14/h5-7,10,12H,3-4,8-9,11,17H2,1-2H3. The molecule has 1 saturated carbocycles. The summed E-state index contributed by atoms with van der Waals surface area (Å²) in [7, 11) is 0. The number of nitrogens with two attached hydrogens (primary N) is 1. The van der Waals surface area contributed by atoms with E-state index in [1.807, 2.05) is 6.07 Å². The van der Waals surface area contributed by atoms with E-state index in [-0.39, 0.29) is 11.4 Å². The molecule has 3 heteroatoms. The number of nitrogens with zero attached hydrogens (tertiary/aromatic N) is 1. The van der Waals surface area contributed by atoms with Crippen molar-refractivity contribution >= 4 is 5.69 Å². The van der Waals surface area contributed by atoms with Crippen molar-refractivity contribution < 1.29 is 4.39 Å². The van der Waals surface area contributed by atoms with Gasteiger partial charge in [-0.1, -0.05) is 13.0 Å². The van der Waals surface area contributed by atoms with Crippen LogP contribution in [0.5, 0.6) is 0 Å². The molecular formula is C15H23FN2. The van der Waals surface area contributed by atoms with Crippen molar-refractivity contribution in [3.8, 4) is 0 Å². The molecule has 1 aromatic carbocycles. The highest BCUT2D eigenvalue weighted by Crippen LogP contribution is 2.46. The first-order chi connectivity index (χ1) is 8.67. The van der Waals surface area contributed by atoms with Crippen molar-refractivity contribution in [1.29, 1.82) is 0 Å². The van der Waals surface area contributed by atoms with E-state index in [1.54, 1.807) is 12.1 Å². The number of anilines is 1. The van der Waals surface area contributed by atoms with Gasteiger partial charge in [-0.25, -0.2) is 4.39 Å². The second-order valence-electron chi connectivity index (χ2n) is 5.16. The lowest BCUT2D eigenvalue weighted by Gasteiger charge is -2.45. The largest absolute Gasteiger partial charge is 0.365 e. The molecule has 2 N–H and O–H groups in total. The molecule has 1 aliphatic carbocycles. The first-order valence-corrected chi connectivity index (χ1v) is 6.91. The Morgan fingerprint density at radius 2 is 2.11 bits per heavy atom. The van der Waals surface area contributed by atoms with Crippen LogP contribution in [0.3, 0.4) is 0 Å². The average Bonchev–Trinajstić information content (AvgIpc) is 3.20. The van der Waals surface area contributed by atoms with Crippen LogP contribution in [0.15, 0.2) is 24.3 Å². The third-order valence-electron chi connectivity index (χ3n) is 4.28. The number of hydrogen-bond donors (Lipinski definition) is 1. The van der Waals surface area contributed by atoms with Gasteiger partial charge in [0.25, 0.3) is 0 Å². The van der Waals surface area contributed by atoms with E-state index in [0.29, 0.717) is 12.5 Å². The predicted molar refractivity (Wildman–Crippen MR) is 74.2 cm³/mol. The third kappa shape index (κ3) is 2.24. The third-order valence-corrected chi connectivity index (χ3v) is 4.28. The normalized spacial score (nSPS) is 18.4. The van der Waals surface area contributed by atoms with Crippen LogP contribution in [-0.2, 0) is 0 Å². The molecule has 2 nitrogen and oxygen atoms in total. The number of rotatable bonds is 6. The van der Waals surface area contributed by atoms with E-state index >= 15 is 0 Å². The van der Waals surface area contributed by atoms with E-state index in [1.165, 1.54) is 18.9 Å². The molecule has 1 aromatic rings. The first-order valence-electron chi connectivity index (χ1n) is 6.91. The summed E-state index contributed by atoms with van der Waals surface area (Å²) < 4.78 is 13.4. The fourth-order valence-electron chi connectivity index (χ4n) is 3.14. The van der Waals surface area contributed by atoms with E-state index in [0.717, 1.165) is 18.7 Å². The summed E-state index contributed by atoms with van der Waals surface area (Å²) in [6.45, 7) is 5.81. The summed E-state index contributed by atoms with van der Waals surface area (Å²) in [5.41, 5.74) is 7.03. The van der Waals surface area contributed by atoms with Gasteiger partial charge in [0.15, 0.2) is 0 Å². The minimum atomic E-state index is -0.177. The Kier molecular flexibility index (Phi) is 3.91. The molecule has 0 aliphatic heterocycles. The molecule has 0 bridgehead atoms. The Labute approximate surface area is 109 Å². The number of benzene rings is 1. The molecular weight excluding hydrogens is 227 g/mol. The highest BCUT2D eigenvalue weighted by atomic mass is 19.1. The molecule has 1 unspecified atom stereocenters. The van der Waals surface area contributed by atoms with Crippen molar-refractivity contribution in [2.75, 3.05) is 18.0 Å². The van der Waals surface area contributed by atoms with Crippen LogP contribution in [0.1, 0.15) is 33.1 Å². The van der Waals surface area contributed by atoms with Gasteiger partial charge in [-0.15, -0.1) is 0 Å². The first kappa shape index (κ1) is 13.3. The molecule has 0 heterocycles. The van der Waals surface area contributed by atoms with Crippen molar-refractivity contribution in [2.24, 2.45) is 11.7 Å². The Bertz CT molecular complexity index is 397. The van der Waals surface area contributed by atoms with Crippen molar-refractivity contribution in [3.63, 3.8) is 0 Å². The van der Waals surface area contributed by atoms with Gasteiger partial charge in [-0.05, 0) is 50.3 Å². The maximum atomic E-state index is 13.4. The summed E-state index contributed by atoms with van der Waals surface area (Å²) in [4.78, 5) is 2.30. The van der Waals surface area contributed by atoms with Crippen LogP contribution < -0.4 is 10.6 Å². The van der Waals surface area contributed by atoms with Gasteiger partial charge in [0.05, 0.1) is 5.54 Å². The molecule has 1 aliphatic rings. The van der Waals surface area contributed by atoms with E-state index < -0.39 is 0 Å². The van der Waals surface area contributed by atoms with E-state index in [2.05, 4.69) is 18.7 Å². The maximum Gasteiger partial charge on any atom is 0.125 e. The highest BCUT2D eigenvalue weighted by molar-refractivity contribution is 5.50. The van der Waals surface area contributed by atoms with Crippen LogP contribution in [0.4, 0.5) is 10.1 Å². The van der Waals surface area contributed by atoms with Crippen LogP contribution in [-0.4, -0.2) is 18.6 Å². The quantitative estimate of drug-likeness (QED) is 0.840. The maximum absolute atomic E-state index is 13.4. The number of hydrogen-bond acceptors (Lipinski definition) is 2. The summed E-state index contributed by atoms with van der Waals surface area (Å²) in [6.07, 6.45) is 3.51. The smallest absolute Gasteiger partial charge is 0.125 e. The zero-order chi connectivity index (χ0) is 13.2. The van der Waals surface area contributed by atoms with E-state index in [4.69, 9.17) is 5.73 Å². The minimum Gasteiger partial charge on any atom is -0.365 e. The van der Waals surface area contributed by atoms with Gasteiger partial charge in [-0.3, -0.25) is 0 Å². The summed E-state index contributed by atoms with van der Waals surface area (Å²) in [5.74, 6) is 0.486. The SMILES string of the molecule is CCN(c1cccc(F)c1)C(CC)(CN)C1CC1. The monoisotopic (exact) mass is 250 g/mol. The molecule has 0 radical (unpaired) electrons. The van der Waals surface area contributed by atoms with E-state index in [9.17, 15) is 4.39 Å². The molecule has 0 saturated heterocycles. The lowest BCUT2D eigenvalue weighted by Crippen LogP contribution is -2.55. The van der Waals surface area contributed by atoms with Crippen LogP contribution in [0, 0.1) is 11.7 Å². The molecule has 1 fully saturated rings. The predicted octanol–water partition coefficient (Wildman–Crippen LogP) is 3.17. The Morgan fingerprint density at radius 3 is 2.56 bits per heavy atom. The average molecular weight is 250 g/mol. The van der Waals surface area contributed by atoms with Crippen molar-refractivity contribution in [3.05, 3.63) is 30.1 Å². The topological polar surface area (TPSA) is 29.3 Å². The Hall–Kier alpha value is -1.09. The fourth-order valence-corrected chi connectivity index (χ4v) is 3.14. The minimum absolute atomic E-state index is 0.00252. The second-order valence-corrected chi connectivity index (χ2v) is 5.16. The molecule has 0 aromatic heterocycles. The zero-order valence-corrected chi connectivity index (χ0v) is 11.3. The highest BCUT2D eigenvalue weighted by Gasteiger charge is 2.46. The van der Waals surface area contributed by atoms with Crippen molar-refractivity contribution in [1.82, 2.24) is 0 Å². The Balaban J connectivity index is 2.36. The van der Waals surface area contributed by atoms with Crippen LogP contribution in [0.25, 0.3) is 0 Å². The molecule has 100 valence electrons. The number of halogens is 1. The van der Waals surface area contributed by atoms with Gasteiger partial charge in [0.1, 0.15) is 5.82 Å². The van der Waals surface area contributed by atoms with Gasteiger partial charge in [0, 0.05) is 18.8 Å². The van der Waals surface area contributed by atoms with Crippen LogP contribution >= 0.6 is 0 Å². The molecule has 0 amide bonds. The summed E-state index contributed by atoms with van der Waals surface area (Å²) >= 11 is 0. The molecule has 2 rings (SSSR count). The van der Waals surface area contributed by atoms with Crippen molar-refractivity contribution in [2.45, 2.75) is 38.6 Å². The molecule has 1 atom stereocenters. The van der Waals surface area contributed by atoms with Gasteiger partial charge >= 0.3 is 0 Å². The number of likely N-dealkylation sites (N-methyl/N-ethyl adjacent to an activating group) is 1. The van der Waals surface area contributed by atoms with Gasteiger partial charge in [-0.2, -0.15) is 0 Å². The molecule has 0 spiro atoms. The summed E-state index contributed by atoms with van der Waals surface area (Å²) in [6, 6.07) is 6.86. The fraction of sp³-hybridized carbons (Fsp3) is 0.600. The van der Waals surface area contributed by atoms with Gasteiger partial charge in [0.2, 0.25) is 0 Å². The second kappa shape index (κ2) is 5.27. The zero-order valence-electron chi connectivity index (χ0n) is 11.3. The lowest BCUT2D eigenvalue weighted by atomic mass is 9.87. The lowest BCUT2D eigenvalue weighted by molar-refractivity contribution is 0.336. The Morgan fingerprint density at radius 1 is 1.39 bits per heavy atom. The van der Waals surface area contributed by atoms with Crippen LogP contribution in [0.2, 0.25) is 0 Å². The van der Waals surface area contributed by atoms with Gasteiger partial charge < -0.3 is 10.6 Å². The summed E-state index contributed by atoms with van der Waals surface area (Å²) in [5, 5.41) is 0. The molecule has 18 heavy (non-hydrogen) atoms.